The summed E-state index contributed by atoms with van der Waals surface area (Å²) in [6, 6.07) is 0. The number of carbonyl (C=O) groups excluding carboxylic acids is 1. The van der Waals surface area contributed by atoms with Gasteiger partial charge in [0.2, 0.25) is 0 Å². The van der Waals surface area contributed by atoms with E-state index in [1.807, 2.05) is 19.9 Å². The van der Waals surface area contributed by atoms with Crippen LogP contribution in [0.25, 0.3) is 0 Å². The maximum atomic E-state index is 11.6. The second kappa shape index (κ2) is 6.89. The van der Waals surface area contributed by atoms with Crippen molar-refractivity contribution in [3.05, 3.63) is 35.8 Å². The topological polar surface area (TPSA) is 47.6 Å². The fourth-order valence-electron chi connectivity index (χ4n) is 1.05. The van der Waals surface area contributed by atoms with Crippen molar-refractivity contribution in [1.29, 1.82) is 0 Å². The molecule has 0 rings (SSSR count). The van der Waals surface area contributed by atoms with Crippen molar-refractivity contribution < 1.29 is 14.3 Å². The van der Waals surface area contributed by atoms with Crippen molar-refractivity contribution in [2.45, 2.75) is 40.2 Å². The van der Waals surface area contributed by atoms with Crippen LogP contribution in [0.2, 0.25) is 0 Å². The number of rotatable bonds is 4. The molecular formula is C14H23NO3. The molecule has 0 radical (unpaired) electrons. The van der Waals surface area contributed by atoms with Crippen molar-refractivity contribution in [1.82, 2.24) is 5.32 Å². The van der Waals surface area contributed by atoms with Gasteiger partial charge in [-0.15, -0.1) is 0 Å². The van der Waals surface area contributed by atoms with Crippen molar-refractivity contribution >= 4 is 6.09 Å². The van der Waals surface area contributed by atoms with Gasteiger partial charge in [-0.25, -0.2) is 4.79 Å². The van der Waals surface area contributed by atoms with Crippen LogP contribution in [0.5, 0.6) is 0 Å². The molecule has 0 aromatic heterocycles. The molecule has 0 saturated carbocycles. The second-order valence-corrected chi connectivity index (χ2v) is 4.85. The minimum absolute atomic E-state index is 0.368. The number of amides is 1. The van der Waals surface area contributed by atoms with E-state index in [9.17, 15) is 4.79 Å². The summed E-state index contributed by atoms with van der Waals surface area (Å²) in [4.78, 5) is 11.6. The monoisotopic (exact) mass is 253 g/mol. The lowest BCUT2D eigenvalue weighted by atomic mass is 10.2. The Bertz CT molecular complexity index is 373. The molecule has 1 amide bonds. The number of alkyl carbamates (subject to hydrolysis) is 1. The van der Waals surface area contributed by atoms with Crippen molar-refractivity contribution in [2.24, 2.45) is 0 Å². The average Bonchev–Trinajstić information content (AvgIpc) is 2.22. The van der Waals surface area contributed by atoms with Crippen LogP contribution in [-0.4, -0.2) is 18.8 Å². The van der Waals surface area contributed by atoms with Gasteiger partial charge in [-0.2, -0.15) is 0 Å². The third-order valence-electron chi connectivity index (χ3n) is 1.98. The first kappa shape index (κ1) is 16.3. The lowest BCUT2D eigenvalue weighted by Gasteiger charge is -2.20. The van der Waals surface area contributed by atoms with E-state index in [4.69, 9.17) is 9.47 Å². The highest BCUT2D eigenvalue weighted by Gasteiger charge is 2.17. The fourth-order valence-corrected chi connectivity index (χ4v) is 1.05. The summed E-state index contributed by atoms with van der Waals surface area (Å²) >= 11 is 0. The van der Waals surface area contributed by atoms with Crippen molar-refractivity contribution in [3.8, 4) is 0 Å². The molecule has 0 saturated heterocycles. The number of methoxy groups -OCH3 is 1. The Morgan fingerprint density at radius 3 is 2.28 bits per heavy atom. The van der Waals surface area contributed by atoms with Crippen LogP contribution in [0.1, 0.15) is 34.6 Å². The summed E-state index contributed by atoms with van der Waals surface area (Å²) in [5, 5.41) is 2.54. The Morgan fingerprint density at radius 1 is 1.33 bits per heavy atom. The number of nitrogens with one attached hydrogen (secondary N) is 1. The first-order chi connectivity index (χ1) is 8.19. The number of allylic oxidation sites excluding steroid dienone is 3. The van der Waals surface area contributed by atoms with E-state index in [-0.39, 0.29) is 0 Å². The number of ether oxygens (including phenoxy) is 2. The summed E-state index contributed by atoms with van der Waals surface area (Å²) in [7, 11) is 1.52. The molecule has 4 heteroatoms. The molecule has 1 N–H and O–H groups in total. The van der Waals surface area contributed by atoms with E-state index >= 15 is 0 Å². The molecule has 18 heavy (non-hydrogen) atoms. The highest BCUT2D eigenvalue weighted by Crippen LogP contribution is 2.12. The SMILES string of the molecule is C=C(NC(=O)OC(C)(C)C)/C(=C\C(C)=C\C)OC. The summed E-state index contributed by atoms with van der Waals surface area (Å²) in [6.45, 7) is 13.0. The smallest absolute Gasteiger partial charge is 0.412 e. The third-order valence-corrected chi connectivity index (χ3v) is 1.98. The molecular weight excluding hydrogens is 230 g/mol. The van der Waals surface area contributed by atoms with Crippen LogP contribution in [0.15, 0.2) is 35.8 Å². The highest BCUT2D eigenvalue weighted by atomic mass is 16.6. The molecule has 0 aromatic carbocycles. The summed E-state index contributed by atoms with van der Waals surface area (Å²) < 4.78 is 10.3. The molecule has 0 aliphatic heterocycles. The van der Waals surface area contributed by atoms with E-state index in [0.29, 0.717) is 11.5 Å². The van der Waals surface area contributed by atoms with E-state index in [1.165, 1.54) is 7.11 Å². The van der Waals surface area contributed by atoms with Crippen LogP contribution in [0, 0.1) is 0 Å². The number of carbonyl (C=O) groups is 1. The average molecular weight is 253 g/mol. The molecule has 0 unspecified atom stereocenters. The summed E-state index contributed by atoms with van der Waals surface area (Å²) in [5.41, 5.74) is 0.840. The Balaban J connectivity index is 4.65. The molecule has 0 heterocycles. The molecule has 0 aliphatic carbocycles. The zero-order chi connectivity index (χ0) is 14.3. The molecule has 0 aliphatic rings. The van der Waals surface area contributed by atoms with Crippen LogP contribution >= 0.6 is 0 Å². The predicted molar refractivity (Wildman–Crippen MR) is 73.0 cm³/mol. The Hall–Kier alpha value is -1.71. The van der Waals surface area contributed by atoms with Gasteiger partial charge >= 0.3 is 6.09 Å². The lowest BCUT2D eigenvalue weighted by molar-refractivity contribution is 0.0543. The molecule has 0 bridgehead atoms. The van der Waals surface area contributed by atoms with Gasteiger partial charge in [0, 0.05) is 0 Å². The quantitative estimate of drug-likeness (QED) is 0.616. The standard InChI is InChI=1S/C14H23NO3/c1-8-10(2)9-12(17-7)11(3)15-13(16)18-14(4,5)6/h8-9H,3H2,1-2,4-7H3,(H,15,16)/b10-8+,12-9+. The largest absolute Gasteiger partial charge is 0.495 e. The zero-order valence-corrected chi connectivity index (χ0v) is 12.1. The van der Waals surface area contributed by atoms with Crippen LogP contribution in [-0.2, 0) is 9.47 Å². The highest BCUT2D eigenvalue weighted by molar-refractivity contribution is 5.71. The van der Waals surface area contributed by atoms with E-state index in [0.717, 1.165) is 5.57 Å². The van der Waals surface area contributed by atoms with Gasteiger partial charge < -0.3 is 9.47 Å². The van der Waals surface area contributed by atoms with E-state index < -0.39 is 11.7 Å². The van der Waals surface area contributed by atoms with Crippen molar-refractivity contribution in [3.63, 3.8) is 0 Å². The molecule has 0 fully saturated rings. The normalized spacial score (nSPS) is 13.0. The predicted octanol–water partition coefficient (Wildman–Crippen LogP) is 3.52. The van der Waals surface area contributed by atoms with E-state index in [2.05, 4.69) is 11.9 Å². The van der Waals surface area contributed by atoms with Gasteiger partial charge in [-0.05, 0) is 40.7 Å². The first-order valence-electron chi connectivity index (χ1n) is 5.77. The Kier molecular flexibility index (Phi) is 6.23. The number of hydrogen-bond acceptors (Lipinski definition) is 3. The summed E-state index contributed by atoms with van der Waals surface area (Å²) in [6.07, 6.45) is 3.17. The van der Waals surface area contributed by atoms with Gasteiger partial charge in [-0.3, -0.25) is 5.32 Å². The van der Waals surface area contributed by atoms with Gasteiger partial charge in [0.25, 0.3) is 0 Å². The maximum absolute atomic E-state index is 11.6. The molecule has 0 spiro atoms. The summed E-state index contributed by atoms with van der Waals surface area (Å²) in [5.74, 6) is 0.497. The van der Waals surface area contributed by atoms with Gasteiger partial charge in [0.15, 0.2) is 0 Å². The Morgan fingerprint density at radius 2 is 1.89 bits per heavy atom. The lowest BCUT2D eigenvalue weighted by Crippen LogP contribution is -2.32. The van der Waals surface area contributed by atoms with Crippen LogP contribution in [0.4, 0.5) is 4.79 Å². The number of hydrogen-bond donors (Lipinski definition) is 1. The zero-order valence-electron chi connectivity index (χ0n) is 12.1. The molecule has 0 atom stereocenters. The van der Waals surface area contributed by atoms with E-state index in [1.54, 1.807) is 26.8 Å². The van der Waals surface area contributed by atoms with Gasteiger partial charge in [-0.1, -0.05) is 18.2 Å². The maximum Gasteiger partial charge on any atom is 0.412 e. The molecule has 0 aromatic rings. The Labute approximate surface area is 109 Å². The third kappa shape index (κ3) is 6.78. The van der Waals surface area contributed by atoms with Gasteiger partial charge in [0.1, 0.15) is 11.4 Å². The second-order valence-electron chi connectivity index (χ2n) is 4.85. The molecule has 102 valence electrons. The van der Waals surface area contributed by atoms with Gasteiger partial charge in [0.05, 0.1) is 12.8 Å². The van der Waals surface area contributed by atoms with Crippen molar-refractivity contribution in [2.75, 3.05) is 7.11 Å². The van der Waals surface area contributed by atoms with Crippen LogP contribution in [0.3, 0.4) is 0 Å². The fraction of sp³-hybridized carbons (Fsp3) is 0.500. The minimum atomic E-state index is -0.548. The molecule has 4 nitrogen and oxygen atoms in total. The first-order valence-corrected chi connectivity index (χ1v) is 5.77. The van der Waals surface area contributed by atoms with Crippen LogP contribution < -0.4 is 5.32 Å². The minimum Gasteiger partial charge on any atom is -0.495 e.